The Labute approximate surface area is 104 Å². The summed E-state index contributed by atoms with van der Waals surface area (Å²) in [7, 11) is 3.12. The fourth-order valence-corrected chi connectivity index (χ4v) is 2.51. The Hall–Kier alpha value is -1.14. The number of esters is 1. The predicted octanol–water partition coefficient (Wildman–Crippen LogP) is 1.45. The zero-order valence-corrected chi connectivity index (χ0v) is 10.8. The minimum atomic E-state index is -0.259. The van der Waals surface area contributed by atoms with Gasteiger partial charge in [0.05, 0.1) is 25.3 Å². The fourth-order valence-electron chi connectivity index (χ4n) is 1.73. The average molecular weight is 256 g/mol. The van der Waals surface area contributed by atoms with Crippen LogP contribution in [0.15, 0.2) is 5.38 Å². The number of methoxy groups -OCH3 is 2. The summed E-state index contributed by atoms with van der Waals surface area (Å²) in [6.45, 7) is 0. The smallest absolute Gasteiger partial charge is 0.311 e. The number of carbonyl (C=O) groups excluding carboxylic acids is 1. The Morgan fingerprint density at radius 2 is 2.35 bits per heavy atom. The van der Waals surface area contributed by atoms with E-state index in [4.69, 9.17) is 4.74 Å². The molecule has 1 saturated carbocycles. The van der Waals surface area contributed by atoms with Gasteiger partial charge in [0, 0.05) is 18.5 Å². The lowest BCUT2D eigenvalue weighted by Crippen LogP contribution is -2.40. The molecular formula is C11H16N2O3S. The Kier molecular flexibility index (Phi) is 3.96. The van der Waals surface area contributed by atoms with Crippen molar-refractivity contribution in [2.75, 3.05) is 19.5 Å². The standard InChI is InChI=1S/C11H16N2O3S/c1-15-9-3-7(4-9)12-11-13-8(6-17-11)5-10(14)16-2/h6-7,9H,3-5H2,1-2H3,(H,12,13). The van der Waals surface area contributed by atoms with Crippen molar-refractivity contribution in [1.82, 2.24) is 4.98 Å². The molecule has 0 saturated heterocycles. The molecule has 0 amide bonds. The average Bonchev–Trinajstić information content (AvgIpc) is 2.70. The number of anilines is 1. The highest BCUT2D eigenvalue weighted by molar-refractivity contribution is 7.13. The van der Waals surface area contributed by atoms with Crippen LogP contribution in [0, 0.1) is 0 Å². The number of hydrogen-bond acceptors (Lipinski definition) is 6. The summed E-state index contributed by atoms with van der Waals surface area (Å²) >= 11 is 1.52. The number of hydrogen-bond donors (Lipinski definition) is 1. The van der Waals surface area contributed by atoms with Gasteiger partial charge < -0.3 is 14.8 Å². The van der Waals surface area contributed by atoms with Crippen LogP contribution in [0.25, 0.3) is 0 Å². The van der Waals surface area contributed by atoms with Gasteiger partial charge in [0.1, 0.15) is 0 Å². The van der Waals surface area contributed by atoms with Gasteiger partial charge >= 0.3 is 5.97 Å². The fraction of sp³-hybridized carbons (Fsp3) is 0.636. The summed E-state index contributed by atoms with van der Waals surface area (Å²) in [5, 5.41) is 6.07. The molecule has 6 heteroatoms. The maximum Gasteiger partial charge on any atom is 0.311 e. The molecule has 0 aromatic carbocycles. The molecule has 1 aliphatic carbocycles. The van der Waals surface area contributed by atoms with Crippen molar-refractivity contribution in [1.29, 1.82) is 0 Å². The second kappa shape index (κ2) is 5.46. The van der Waals surface area contributed by atoms with E-state index in [0.717, 1.165) is 23.7 Å². The summed E-state index contributed by atoms with van der Waals surface area (Å²) < 4.78 is 9.80. The van der Waals surface area contributed by atoms with Crippen molar-refractivity contribution in [2.24, 2.45) is 0 Å². The summed E-state index contributed by atoms with van der Waals surface area (Å²) in [5.74, 6) is -0.259. The number of nitrogens with one attached hydrogen (secondary N) is 1. The molecule has 2 rings (SSSR count). The zero-order chi connectivity index (χ0) is 12.3. The first-order chi connectivity index (χ1) is 8.21. The number of rotatable bonds is 5. The second-order valence-corrected chi connectivity index (χ2v) is 4.93. The van der Waals surface area contributed by atoms with Crippen LogP contribution in [0.5, 0.6) is 0 Å². The summed E-state index contributed by atoms with van der Waals surface area (Å²) in [6.07, 6.45) is 2.65. The molecule has 1 heterocycles. The van der Waals surface area contributed by atoms with Crippen molar-refractivity contribution >= 4 is 22.4 Å². The van der Waals surface area contributed by atoms with E-state index in [2.05, 4.69) is 15.0 Å². The van der Waals surface area contributed by atoms with E-state index in [1.54, 1.807) is 7.11 Å². The number of carbonyl (C=O) groups is 1. The molecule has 94 valence electrons. The van der Waals surface area contributed by atoms with Gasteiger partial charge in [0.2, 0.25) is 0 Å². The molecule has 1 aromatic heterocycles. The van der Waals surface area contributed by atoms with E-state index >= 15 is 0 Å². The van der Waals surface area contributed by atoms with Gasteiger partial charge in [-0.1, -0.05) is 0 Å². The molecule has 17 heavy (non-hydrogen) atoms. The van der Waals surface area contributed by atoms with Crippen LogP contribution in [0.4, 0.5) is 5.13 Å². The van der Waals surface area contributed by atoms with Crippen molar-refractivity contribution in [3.8, 4) is 0 Å². The third-order valence-electron chi connectivity index (χ3n) is 2.86. The first kappa shape index (κ1) is 12.3. The normalized spacial score (nSPS) is 22.9. The van der Waals surface area contributed by atoms with E-state index in [1.807, 2.05) is 5.38 Å². The number of nitrogens with zero attached hydrogens (tertiary/aromatic N) is 1. The third-order valence-corrected chi connectivity index (χ3v) is 3.68. The Morgan fingerprint density at radius 3 is 3.00 bits per heavy atom. The second-order valence-electron chi connectivity index (χ2n) is 4.07. The van der Waals surface area contributed by atoms with Gasteiger partial charge in [0.25, 0.3) is 0 Å². The van der Waals surface area contributed by atoms with Crippen LogP contribution in [0.2, 0.25) is 0 Å². The van der Waals surface area contributed by atoms with E-state index in [9.17, 15) is 4.79 Å². The number of aromatic nitrogens is 1. The molecule has 5 nitrogen and oxygen atoms in total. The monoisotopic (exact) mass is 256 g/mol. The lowest BCUT2D eigenvalue weighted by molar-refractivity contribution is -0.139. The van der Waals surface area contributed by atoms with Gasteiger partial charge in [-0.05, 0) is 12.8 Å². The molecular weight excluding hydrogens is 240 g/mol. The minimum Gasteiger partial charge on any atom is -0.469 e. The first-order valence-corrected chi connectivity index (χ1v) is 6.39. The van der Waals surface area contributed by atoms with Crippen molar-refractivity contribution in [3.05, 3.63) is 11.1 Å². The van der Waals surface area contributed by atoms with Crippen LogP contribution in [0.1, 0.15) is 18.5 Å². The Bertz CT molecular complexity index is 388. The van der Waals surface area contributed by atoms with Crippen LogP contribution < -0.4 is 5.32 Å². The lowest BCUT2D eigenvalue weighted by atomic mass is 9.89. The van der Waals surface area contributed by atoms with Gasteiger partial charge in [-0.2, -0.15) is 0 Å². The van der Waals surface area contributed by atoms with Crippen molar-refractivity contribution in [3.63, 3.8) is 0 Å². The molecule has 0 unspecified atom stereocenters. The van der Waals surface area contributed by atoms with Gasteiger partial charge in [-0.25, -0.2) is 4.98 Å². The van der Waals surface area contributed by atoms with E-state index in [-0.39, 0.29) is 12.4 Å². The summed E-state index contributed by atoms with van der Waals surface area (Å²) in [5.41, 5.74) is 0.756. The molecule has 1 aliphatic rings. The molecule has 1 fully saturated rings. The molecule has 1 aromatic rings. The summed E-state index contributed by atoms with van der Waals surface area (Å²) in [4.78, 5) is 15.4. The highest BCUT2D eigenvalue weighted by Gasteiger charge is 2.29. The Morgan fingerprint density at radius 1 is 1.59 bits per heavy atom. The van der Waals surface area contributed by atoms with Crippen LogP contribution in [-0.2, 0) is 20.7 Å². The minimum absolute atomic E-state index is 0.236. The number of ether oxygens (including phenoxy) is 2. The maximum atomic E-state index is 11.1. The zero-order valence-electron chi connectivity index (χ0n) is 9.93. The van der Waals surface area contributed by atoms with E-state index < -0.39 is 0 Å². The summed E-state index contributed by atoms with van der Waals surface area (Å²) in [6, 6.07) is 0.442. The van der Waals surface area contributed by atoms with Gasteiger partial charge in [-0.3, -0.25) is 4.79 Å². The lowest BCUT2D eigenvalue weighted by Gasteiger charge is -2.34. The Balaban J connectivity index is 1.80. The van der Waals surface area contributed by atoms with E-state index in [1.165, 1.54) is 18.4 Å². The maximum absolute atomic E-state index is 11.1. The highest BCUT2D eigenvalue weighted by Crippen LogP contribution is 2.27. The van der Waals surface area contributed by atoms with Crippen molar-refractivity contribution < 1.29 is 14.3 Å². The first-order valence-electron chi connectivity index (χ1n) is 5.51. The van der Waals surface area contributed by atoms with Crippen molar-refractivity contribution in [2.45, 2.75) is 31.4 Å². The van der Waals surface area contributed by atoms with Gasteiger partial charge in [-0.15, -0.1) is 11.3 Å². The molecule has 1 N–H and O–H groups in total. The molecule has 0 spiro atoms. The highest BCUT2D eigenvalue weighted by atomic mass is 32.1. The largest absolute Gasteiger partial charge is 0.469 e. The molecule has 0 bridgehead atoms. The van der Waals surface area contributed by atoms with E-state index in [0.29, 0.717) is 12.1 Å². The van der Waals surface area contributed by atoms with Crippen LogP contribution >= 0.6 is 11.3 Å². The SMILES string of the molecule is COC(=O)Cc1csc(NC2CC(OC)C2)n1. The molecule has 0 atom stereocenters. The molecule has 0 aliphatic heterocycles. The third kappa shape index (κ3) is 3.17. The van der Waals surface area contributed by atoms with Gasteiger partial charge in [0.15, 0.2) is 5.13 Å². The van der Waals surface area contributed by atoms with Crippen LogP contribution in [-0.4, -0.2) is 37.3 Å². The predicted molar refractivity (Wildman–Crippen MR) is 65.3 cm³/mol. The van der Waals surface area contributed by atoms with Crippen LogP contribution in [0.3, 0.4) is 0 Å². The number of thiazole rings is 1. The topological polar surface area (TPSA) is 60.5 Å². The molecule has 0 radical (unpaired) electrons. The quantitative estimate of drug-likeness (QED) is 0.808.